The lowest BCUT2D eigenvalue weighted by Gasteiger charge is -2.35. The first-order valence-corrected chi connectivity index (χ1v) is 12.4. The lowest BCUT2D eigenvalue weighted by molar-refractivity contribution is -0.138. The number of nitrogens with one attached hydrogen (secondary N) is 1. The van der Waals surface area contributed by atoms with Gasteiger partial charge in [-0.1, -0.05) is 36.3 Å². The van der Waals surface area contributed by atoms with Gasteiger partial charge in [-0.3, -0.25) is 14.9 Å². The molecule has 1 N–H and O–H groups in total. The van der Waals surface area contributed by atoms with Crippen molar-refractivity contribution in [2.24, 2.45) is 0 Å². The summed E-state index contributed by atoms with van der Waals surface area (Å²) in [6.45, 7) is 1.29. The van der Waals surface area contributed by atoms with Crippen molar-refractivity contribution in [3.8, 4) is 0 Å². The summed E-state index contributed by atoms with van der Waals surface area (Å²) in [6.07, 6.45) is 4.86. The summed E-state index contributed by atoms with van der Waals surface area (Å²) in [7, 11) is 0. The molecule has 3 aromatic rings. The molecule has 150 valence electrons. The average Bonchev–Trinajstić information content (AvgIpc) is 3.53. The summed E-state index contributed by atoms with van der Waals surface area (Å²) in [5, 5.41) is 7.49. The Bertz CT molecular complexity index is 1020. The normalized spacial score (nSPS) is 17.9. The molecule has 0 saturated heterocycles. The summed E-state index contributed by atoms with van der Waals surface area (Å²) < 4.78 is 0. The molecular formula is C21H21N3O2S3. The van der Waals surface area contributed by atoms with Crippen LogP contribution in [0.5, 0.6) is 0 Å². The summed E-state index contributed by atoms with van der Waals surface area (Å²) in [5.41, 5.74) is 0.671. The average molecular weight is 444 g/mol. The van der Waals surface area contributed by atoms with Crippen molar-refractivity contribution in [1.82, 2.24) is 9.88 Å². The fourth-order valence-electron chi connectivity index (χ4n) is 4.39. The highest BCUT2D eigenvalue weighted by atomic mass is 32.1. The van der Waals surface area contributed by atoms with E-state index in [1.165, 1.54) is 27.6 Å². The largest absolute Gasteiger partial charge is 0.336 e. The first-order chi connectivity index (χ1) is 14.2. The number of thiophene rings is 2. The van der Waals surface area contributed by atoms with Crippen LogP contribution in [0.25, 0.3) is 0 Å². The maximum absolute atomic E-state index is 13.6. The van der Waals surface area contributed by atoms with Gasteiger partial charge in [0.15, 0.2) is 5.13 Å². The van der Waals surface area contributed by atoms with Crippen LogP contribution in [0.15, 0.2) is 35.0 Å². The Morgan fingerprint density at radius 2 is 1.90 bits per heavy atom. The predicted octanol–water partition coefficient (Wildman–Crippen LogP) is 4.92. The van der Waals surface area contributed by atoms with E-state index in [2.05, 4.69) is 21.7 Å². The molecule has 3 aromatic heterocycles. The molecule has 0 aromatic carbocycles. The monoisotopic (exact) mass is 443 g/mol. The number of thiazole rings is 1. The number of anilines is 1. The maximum Gasteiger partial charge on any atom is 0.267 e. The Kier molecular flexibility index (Phi) is 5.01. The van der Waals surface area contributed by atoms with Gasteiger partial charge in [0, 0.05) is 22.7 Å². The van der Waals surface area contributed by atoms with Crippen molar-refractivity contribution in [1.29, 1.82) is 0 Å². The van der Waals surface area contributed by atoms with Crippen LogP contribution in [-0.4, -0.2) is 28.2 Å². The fourth-order valence-corrected chi connectivity index (χ4v) is 7.00. The van der Waals surface area contributed by atoms with Crippen LogP contribution in [0.1, 0.15) is 50.8 Å². The molecule has 0 unspecified atom stereocenters. The standard InChI is InChI=1S/C21H21N3O2S3/c25-18(15-5-3-11-27-15)23-20-22-14-7-10-24(13-16(14)29-20)19(26)21(8-1-2-9-21)17-6-4-12-28-17/h3-6,11-12H,1-2,7-10,13H2,(H,22,23,25). The molecule has 8 heteroatoms. The lowest BCUT2D eigenvalue weighted by Crippen LogP contribution is -2.46. The van der Waals surface area contributed by atoms with Gasteiger partial charge in [-0.25, -0.2) is 4.98 Å². The quantitative estimate of drug-likeness (QED) is 0.623. The molecule has 0 atom stereocenters. The highest BCUT2D eigenvalue weighted by Gasteiger charge is 2.46. The molecule has 1 fully saturated rings. The summed E-state index contributed by atoms with van der Waals surface area (Å²) in [5.74, 6) is 0.141. The fraction of sp³-hybridized carbons (Fsp3) is 0.381. The molecule has 1 aliphatic carbocycles. The highest BCUT2D eigenvalue weighted by molar-refractivity contribution is 7.16. The van der Waals surface area contributed by atoms with Crippen LogP contribution in [0.3, 0.4) is 0 Å². The molecule has 0 bridgehead atoms. The second-order valence-corrected chi connectivity index (χ2v) is 10.5. The van der Waals surface area contributed by atoms with Gasteiger partial charge in [0.05, 0.1) is 22.5 Å². The molecule has 5 nitrogen and oxygen atoms in total. The van der Waals surface area contributed by atoms with Gasteiger partial charge in [0.25, 0.3) is 5.91 Å². The van der Waals surface area contributed by atoms with E-state index in [0.29, 0.717) is 23.1 Å². The molecule has 29 heavy (non-hydrogen) atoms. The van der Waals surface area contributed by atoms with Crippen molar-refractivity contribution >= 4 is 51.0 Å². The third-order valence-corrected chi connectivity index (χ3v) is 8.78. The number of amides is 2. The van der Waals surface area contributed by atoms with Crippen molar-refractivity contribution in [3.63, 3.8) is 0 Å². The van der Waals surface area contributed by atoms with Gasteiger partial charge < -0.3 is 4.90 Å². The van der Waals surface area contributed by atoms with E-state index in [9.17, 15) is 9.59 Å². The number of carbonyl (C=O) groups excluding carboxylic acids is 2. The molecule has 1 aliphatic heterocycles. The Balaban J connectivity index is 1.34. The first-order valence-electron chi connectivity index (χ1n) is 9.82. The number of fused-ring (bicyclic) bond motifs is 1. The van der Waals surface area contributed by atoms with Crippen LogP contribution in [0.4, 0.5) is 5.13 Å². The molecular weight excluding hydrogens is 422 g/mol. The molecule has 1 saturated carbocycles. The van der Waals surface area contributed by atoms with E-state index >= 15 is 0 Å². The van der Waals surface area contributed by atoms with E-state index in [-0.39, 0.29) is 17.2 Å². The van der Waals surface area contributed by atoms with Gasteiger partial charge in [-0.15, -0.1) is 22.7 Å². The summed E-state index contributed by atoms with van der Waals surface area (Å²) >= 11 is 4.61. The molecule has 2 amide bonds. The summed E-state index contributed by atoms with van der Waals surface area (Å²) in [6, 6.07) is 7.84. The minimum atomic E-state index is -0.341. The minimum Gasteiger partial charge on any atom is -0.336 e. The maximum atomic E-state index is 13.6. The smallest absolute Gasteiger partial charge is 0.267 e. The zero-order valence-corrected chi connectivity index (χ0v) is 18.3. The molecule has 0 radical (unpaired) electrons. The Labute approximate surface area is 181 Å². The topological polar surface area (TPSA) is 62.3 Å². The van der Waals surface area contributed by atoms with E-state index < -0.39 is 0 Å². The first kappa shape index (κ1) is 19.0. The molecule has 5 rings (SSSR count). The third kappa shape index (κ3) is 3.43. The van der Waals surface area contributed by atoms with Gasteiger partial charge >= 0.3 is 0 Å². The van der Waals surface area contributed by atoms with E-state index in [1.54, 1.807) is 17.4 Å². The highest BCUT2D eigenvalue weighted by Crippen LogP contribution is 2.45. The zero-order chi connectivity index (χ0) is 19.8. The lowest BCUT2D eigenvalue weighted by atomic mass is 9.82. The Hall–Kier alpha value is -2.03. The molecule has 4 heterocycles. The van der Waals surface area contributed by atoms with Crippen molar-refractivity contribution in [3.05, 3.63) is 55.4 Å². The number of hydrogen-bond acceptors (Lipinski definition) is 6. The van der Waals surface area contributed by atoms with E-state index in [1.807, 2.05) is 22.4 Å². The number of carbonyl (C=O) groups is 2. The number of aromatic nitrogens is 1. The van der Waals surface area contributed by atoms with Gasteiger partial charge in [-0.05, 0) is 35.7 Å². The van der Waals surface area contributed by atoms with Crippen LogP contribution in [0, 0.1) is 0 Å². The minimum absolute atomic E-state index is 0.123. The van der Waals surface area contributed by atoms with Crippen LogP contribution < -0.4 is 5.32 Å². The second kappa shape index (κ2) is 7.66. The number of nitrogens with zero attached hydrogens (tertiary/aromatic N) is 2. The SMILES string of the molecule is O=C(Nc1nc2c(s1)CN(C(=O)C1(c3cccs3)CCCC1)CC2)c1cccs1. The van der Waals surface area contributed by atoms with Crippen molar-refractivity contribution in [2.75, 3.05) is 11.9 Å². The zero-order valence-electron chi connectivity index (χ0n) is 15.8. The second-order valence-electron chi connectivity index (χ2n) is 7.56. The van der Waals surface area contributed by atoms with Crippen molar-refractivity contribution in [2.45, 2.75) is 44.1 Å². The Morgan fingerprint density at radius 3 is 2.62 bits per heavy atom. The van der Waals surface area contributed by atoms with Gasteiger partial charge in [0.2, 0.25) is 5.91 Å². The van der Waals surface area contributed by atoms with E-state index in [4.69, 9.17) is 0 Å². The summed E-state index contributed by atoms with van der Waals surface area (Å²) in [4.78, 5) is 35.5. The van der Waals surface area contributed by atoms with Crippen LogP contribution in [-0.2, 0) is 23.2 Å². The predicted molar refractivity (Wildman–Crippen MR) is 118 cm³/mol. The van der Waals surface area contributed by atoms with Gasteiger partial charge in [-0.2, -0.15) is 0 Å². The molecule has 0 spiro atoms. The third-order valence-electron chi connectivity index (χ3n) is 5.84. The molecule has 2 aliphatic rings. The number of hydrogen-bond donors (Lipinski definition) is 1. The van der Waals surface area contributed by atoms with Crippen LogP contribution >= 0.6 is 34.0 Å². The van der Waals surface area contributed by atoms with Crippen LogP contribution in [0.2, 0.25) is 0 Å². The van der Waals surface area contributed by atoms with Gasteiger partial charge in [0.1, 0.15) is 0 Å². The van der Waals surface area contributed by atoms with E-state index in [0.717, 1.165) is 42.7 Å². The van der Waals surface area contributed by atoms with Crippen molar-refractivity contribution < 1.29 is 9.59 Å². The Morgan fingerprint density at radius 1 is 1.10 bits per heavy atom. The number of rotatable bonds is 4.